The predicted octanol–water partition coefficient (Wildman–Crippen LogP) is 8.12. The Labute approximate surface area is 533 Å². The summed E-state index contributed by atoms with van der Waals surface area (Å²) < 4.78 is 61.7. The fourth-order valence-corrected chi connectivity index (χ4v) is 12.3. The minimum absolute atomic E-state index is 0.0120. The number of halogens is 2. The van der Waals surface area contributed by atoms with E-state index in [9.17, 15) is 37.9 Å². The van der Waals surface area contributed by atoms with Gasteiger partial charge in [-0.15, -0.1) is 11.3 Å². The van der Waals surface area contributed by atoms with Crippen molar-refractivity contribution in [2.45, 2.75) is 97.4 Å². The summed E-state index contributed by atoms with van der Waals surface area (Å²) >= 11 is 1.57. The summed E-state index contributed by atoms with van der Waals surface area (Å²) in [5.74, 6) is -2.79. The molecule has 3 fully saturated rings. The van der Waals surface area contributed by atoms with E-state index in [4.69, 9.17) is 28.4 Å². The standard InChI is InChI=1S/C67H85F2N9O12S/c1-44-62(91-43-71-44)48-8-5-45(6-9-48)41-70-65(83)60-40-54(80)42-78(60)66(84)57(67(2,3)4)39-53(79)15-23-86-25-27-88-29-31-90-32-30-89-28-26-87-24-16-61(81)77-19-17-76(18-20-77)52-10-11-55(59(38-52)72-51-13-21-85-22-14-51)64(82)73-63-56-36-46(7-12-58(56)74-75-63)33-47-34-49(68)37-50(69)35-47/h5-12,34-38,43,51,54,57,60,72,80H,13-33,39-42H2,1-4H3,(H,70,83)(H2,73,74,75,82)/t54-,57-,60+/m1/s1. The number of anilines is 3. The number of fused-ring (bicyclic) bond motifs is 1. The summed E-state index contributed by atoms with van der Waals surface area (Å²) in [5.41, 5.74) is 8.16. The smallest absolute Gasteiger partial charge is 0.258 e. The van der Waals surface area contributed by atoms with Crippen molar-refractivity contribution in [2.75, 3.05) is 128 Å². The lowest BCUT2D eigenvalue weighted by molar-refractivity contribution is -0.146. The minimum atomic E-state index is -0.851. The van der Waals surface area contributed by atoms with E-state index >= 15 is 0 Å². The Morgan fingerprint density at radius 2 is 1.41 bits per heavy atom. The molecule has 5 N–H and O–H groups in total. The van der Waals surface area contributed by atoms with Crippen LogP contribution in [-0.4, -0.2) is 190 Å². The van der Waals surface area contributed by atoms with Crippen LogP contribution in [0.25, 0.3) is 21.3 Å². The maximum Gasteiger partial charge on any atom is 0.258 e. The fraction of sp³-hybridized carbons (Fsp3) is 0.507. The lowest BCUT2D eigenvalue weighted by Gasteiger charge is -2.36. The molecule has 3 saturated heterocycles. The number of ketones is 1. The van der Waals surface area contributed by atoms with Crippen LogP contribution in [0.15, 0.2) is 84.4 Å². The van der Waals surface area contributed by atoms with Gasteiger partial charge < -0.3 is 64.2 Å². The second kappa shape index (κ2) is 33.3. The Kier molecular flexibility index (Phi) is 24.9. The third-order valence-corrected chi connectivity index (χ3v) is 17.5. The first-order valence-corrected chi connectivity index (χ1v) is 32.2. The van der Waals surface area contributed by atoms with E-state index in [2.05, 4.69) is 36.0 Å². The Hall–Kier alpha value is -7.29. The van der Waals surface area contributed by atoms with Gasteiger partial charge in [0.15, 0.2) is 5.82 Å². The van der Waals surface area contributed by atoms with Gasteiger partial charge in [-0.3, -0.25) is 29.1 Å². The number of β-amino-alcohol motifs (C(OH)–C–C–N with tert-alkyl or cyclic N) is 1. The summed E-state index contributed by atoms with van der Waals surface area (Å²) in [6.07, 6.45) is 1.49. The Morgan fingerprint density at radius 3 is 2.04 bits per heavy atom. The van der Waals surface area contributed by atoms with Gasteiger partial charge in [0, 0.05) is 107 Å². The molecule has 0 unspecified atom stereocenters. The first-order valence-electron chi connectivity index (χ1n) is 31.4. The first kappa shape index (κ1) is 68.1. The quantitative estimate of drug-likeness (QED) is 0.0250. The van der Waals surface area contributed by atoms with Crippen LogP contribution in [0.3, 0.4) is 0 Å². The van der Waals surface area contributed by atoms with Gasteiger partial charge in [0.25, 0.3) is 5.91 Å². The number of aliphatic hydroxyl groups excluding tert-OH is 1. The van der Waals surface area contributed by atoms with Crippen molar-refractivity contribution in [2.24, 2.45) is 11.3 Å². The molecule has 0 bridgehead atoms. The molecule has 2 aromatic heterocycles. The lowest BCUT2D eigenvalue weighted by atomic mass is 9.76. The number of benzene rings is 4. The normalized spacial score (nSPS) is 16.8. The first-order chi connectivity index (χ1) is 43.9. The van der Waals surface area contributed by atoms with E-state index in [1.807, 2.05) is 92.7 Å². The highest BCUT2D eigenvalue weighted by atomic mass is 32.1. The molecule has 9 rings (SSSR count). The number of H-pyrrole nitrogens is 1. The van der Waals surface area contributed by atoms with Crippen molar-refractivity contribution in [1.82, 2.24) is 30.3 Å². The largest absolute Gasteiger partial charge is 0.391 e. The molecule has 4 aromatic carbocycles. The summed E-state index contributed by atoms with van der Waals surface area (Å²) in [4.78, 5) is 78.9. The molecule has 3 aliphatic heterocycles. The Morgan fingerprint density at radius 1 is 0.769 bits per heavy atom. The second-order valence-corrected chi connectivity index (χ2v) is 25.1. The molecule has 6 aromatic rings. The molecule has 4 amide bonds. The van der Waals surface area contributed by atoms with Crippen molar-refractivity contribution in [3.8, 4) is 10.4 Å². The number of thiazole rings is 1. The molecule has 490 valence electrons. The average molecular weight is 1280 g/mol. The van der Waals surface area contributed by atoms with Gasteiger partial charge in [-0.2, -0.15) is 5.10 Å². The number of aromatic nitrogens is 3. The SMILES string of the molecule is Cc1ncsc1-c1ccc(CNC(=O)[C@@H]2C[C@@H](O)CN2C(=O)[C@@H](CC(=O)CCOCCOCCOCCOCCOCCC(=O)N2CCN(c3ccc(C(=O)Nc4n[nH]c5ccc(Cc6cc(F)cc(F)c6)cc45)c(NC4CCOCC4)c3)CC2)C(C)(C)C)cc1. The van der Waals surface area contributed by atoms with Crippen LogP contribution in [0.5, 0.6) is 0 Å². The van der Waals surface area contributed by atoms with E-state index in [0.717, 1.165) is 51.9 Å². The van der Waals surface area contributed by atoms with Crippen molar-refractivity contribution < 1.29 is 66.3 Å². The van der Waals surface area contributed by atoms with Crippen LogP contribution in [-0.2, 0) is 60.6 Å². The number of carbonyl (C=O) groups is 5. The number of hydrogen-bond acceptors (Lipinski definition) is 17. The van der Waals surface area contributed by atoms with Crippen molar-refractivity contribution in [1.29, 1.82) is 0 Å². The fourth-order valence-electron chi connectivity index (χ4n) is 11.5. The van der Waals surface area contributed by atoms with Gasteiger partial charge in [-0.1, -0.05) is 51.1 Å². The summed E-state index contributed by atoms with van der Waals surface area (Å²) in [5, 5.41) is 28.1. The number of aryl methyl sites for hydroxylation is 1. The molecule has 0 radical (unpaired) electrons. The molecule has 3 aliphatic rings. The highest BCUT2D eigenvalue weighted by Crippen LogP contribution is 2.35. The monoisotopic (exact) mass is 1280 g/mol. The number of ether oxygens (including phenoxy) is 6. The maximum absolute atomic E-state index is 14.1. The number of nitrogens with one attached hydrogen (secondary N) is 4. The number of likely N-dealkylation sites (tertiary alicyclic amines) is 1. The average Bonchev–Trinajstić information content (AvgIpc) is 2.51. The van der Waals surface area contributed by atoms with Gasteiger partial charge in [0.05, 0.1) is 106 Å². The van der Waals surface area contributed by atoms with Crippen LogP contribution in [0.1, 0.15) is 92.0 Å². The van der Waals surface area contributed by atoms with Gasteiger partial charge in [-0.25, -0.2) is 13.8 Å². The van der Waals surface area contributed by atoms with E-state index in [0.29, 0.717) is 119 Å². The number of Topliss-reactive ketones (excluding diaryl/α,β-unsaturated/α-hetero) is 1. The summed E-state index contributed by atoms with van der Waals surface area (Å²) in [7, 11) is 0. The number of aliphatic hydroxyl groups is 1. The van der Waals surface area contributed by atoms with E-state index in [1.54, 1.807) is 17.4 Å². The molecule has 3 atom stereocenters. The zero-order valence-corrected chi connectivity index (χ0v) is 53.2. The van der Waals surface area contributed by atoms with Gasteiger partial charge in [0.2, 0.25) is 17.7 Å². The molecular formula is C67H85F2N9O12S. The summed E-state index contributed by atoms with van der Waals surface area (Å²) in [6.45, 7) is 14.6. The van der Waals surface area contributed by atoms with E-state index in [-0.39, 0.29) is 100 Å². The van der Waals surface area contributed by atoms with Crippen molar-refractivity contribution in [3.05, 3.63) is 124 Å². The number of aromatic amines is 1. The third kappa shape index (κ3) is 19.9. The highest BCUT2D eigenvalue weighted by molar-refractivity contribution is 7.13. The molecule has 0 spiro atoms. The van der Waals surface area contributed by atoms with Gasteiger partial charge in [-0.05, 0) is 96.3 Å². The number of amides is 4. The van der Waals surface area contributed by atoms with Crippen LogP contribution in [0.2, 0.25) is 0 Å². The van der Waals surface area contributed by atoms with E-state index in [1.165, 1.54) is 17.0 Å². The second-order valence-electron chi connectivity index (χ2n) is 24.3. The number of nitrogens with zero attached hydrogens (tertiary/aromatic N) is 5. The molecular weight excluding hydrogens is 1190 g/mol. The molecule has 21 nitrogen and oxygen atoms in total. The minimum Gasteiger partial charge on any atom is -0.391 e. The molecule has 91 heavy (non-hydrogen) atoms. The highest BCUT2D eigenvalue weighted by Gasteiger charge is 2.44. The van der Waals surface area contributed by atoms with Crippen molar-refractivity contribution >= 4 is 68.8 Å². The van der Waals surface area contributed by atoms with Crippen LogP contribution in [0, 0.1) is 29.9 Å². The van der Waals surface area contributed by atoms with Crippen molar-refractivity contribution in [3.63, 3.8) is 0 Å². The van der Waals surface area contributed by atoms with Crippen LogP contribution < -0.4 is 20.9 Å². The van der Waals surface area contributed by atoms with E-state index < -0.39 is 35.1 Å². The molecule has 5 heterocycles. The molecule has 0 saturated carbocycles. The van der Waals surface area contributed by atoms with Crippen LogP contribution in [0.4, 0.5) is 26.0 Å². The zero-order chi connectivity index (χ0) is 64.3. The number of hydrogen-bond donors (Lipinski definition) is 5. The summed E-state index contributed by atoms with van der Waals surface area (Å²) in [6, 6.07) is 21.8. The zero-order valence-electron chi connectivity index (χ0n) is 52.4. The Bertz CT molecular complexity index is 3360. The number of carbonyl (C=O) groups excluding carboxylic acids is 5. The van der Waals surface area contributed by atoms with Gasteiger partial charge in [0.1, 0.15) is 23.5 Å². The molecule has 24 heteroatoms. The maximum atomic E-state index is 14.1. The topological polar surface area (TPSA) is 248 Å². The number of piperazine rings is 1. The molecule has 0 aliphatic carbocycles. The predicted molar refractivity (Wildman–Crippen MR) is 342 cm³/mol. The Balaban J connectivity index is 0.597. The number of rotatable bonds is 32. The third-order valence-electron chi connectivity index (χ3n) is 16.6. The van der Waals surface area contributed by atoms with Crippen LogP contribution >= 0.6 is 11.3 Å². The lowest BCUT2D eigenvalue weighted by Crippen LogP contribution is -2.50. The van der Waals surface area contributed by atoms with Gasteiger partial charge >= 0.3 is 0 Å².